The average molecular weight is 374 g/mol. The van der Waals surface area contributed by atoms with Gasteiger partial charge in [-0.2, -0.15) is 13.2 Å². The zero-order valence-corrected chi connectivity index (χ0v) is 13.6. The fourth-order valence-corrected chi connectivity index (χ4v) is 3.49. The van der Waals surface area contributed by atoms with Gasteiger partial charge in [0.1, 0.15) is 5.75 Å². The molecule has 0 aliphatic heterocycles. The van der Waals surface area contributed by atoms with E-state index in [0.717, 1.165) is 24.3 Å². The summed E-state index contributed by atoms with van der Waals surface area (Å²) in [5, 5.41) is 8.76. The standard InChI is InChI=1S/C16H13F3O5S/c1-10(15(20)21)24-11-6-8-12(9-7-11)25(22,23)14-5-3-2-4-13(14)16(17,18)19/h2-10H,1H3,(H,20,21). The molecule has 5 nitrogen and oxygen atoms in total. The minimum atomic E-state index is -4.82. The van der Waals surface area contributed by atoms with E-state index in [4.69, 9.17) is 9.84 Å². The molecule has 0 bridgehead atoms. The van der Waals surface area contributed by atoms with Crippen LogP contribution in [0.1, 0.15) is 12.5 Å². The lowest BCUT2D eigenvalue weighted by Gasteiger charge is -2.14. The van der Waals surface area contributed by atoms with Crippen molar-refractivity contribution in [3.63, 3.8) is 0 Å². The van der Waals surface area contributed by atoms with Crippen molar-refractivity contribution in [2.24, 2.45) is 0 Å². The van der Waals surface area contributed by atoms with Gasteiger partial charge in [0, 0.05) is 0 Å². The maximum absolute atomic E-state index is 13.0. The normalized spacial score (nSPS) is 13.3. The molecule has 25 heavy (non-hydrogen) atoms. The van der Waals surface area contributed by atoms with Gasteiger partial charge in [0.05, 0.1) is 15.4 Å². The number of carboxylic acid groups (broad SMARTS) is 1. The van der Waals surface area contributed by atoms with Crippen molar-refractivity contribution in [2.75, 3.05) is 0 Å². The zero-order valence-electron chi connectivity index (χ0n) is 12.8. The third-order valence-corrected chi connectivity index (χ3v) is 5.10. The summed E-state index contributed by atoms with van der Waals surface area (Å²) < 4.78 is 69.2. The fourth-order valence-electron chi connectivity index (χ4n) is 2.01. The molecule has 0 spiro atoms. The van der Waals surface area contributed by atoms with E-state index in [-0.39, 0.29) is 10.6 Å². The summed E-state index contributed by atoms with van der Waals surface area (Å²) in [5.41, 5.74) is -1.25. The summed E-state index contributed by atoms with van der Waals surface area (Å²) in [5.74, 6) is -1.13. The Hall–Kier alpha value is -2.55. The Morgan fingerprint density at radius 3 is 2.16 bits per heavy atom. The molecule has 0 amide bonds. The highest BCUT2D eigenvalue weighted by atomic mass is 32.2. The molecule has 1 unspecified atom stereocenters. The quantitative estimate of drug-likeness (QED) is 0.868. The number of carboxylic acids is 1. The fraction of sp³-hybridized carbons (Fsp3) is 0.188. The summed E-state index contributed by atoms with van der Waals surface area (Å²) in [4.78, 5) is 9.51. The SMILES string of the molecule is CC(Oc1ccc(S(=O)(=O)c2ccccc2C(F)(F)F)cc1)C(=O)O. The average Bonchev–Trinajstić information content (AvgIpc) is 2.54. The lowest BCUT2D eigenvalue weighted by molar-refractivity contribution is -0.144. The molecule has 0 aromatic heterocycles. The van der Waals surface area contributed by atoms with Crippen molar-refractivity contribution in [1.29, 1.82) is 0 Å². The van der Waals surface area contributed by atoms with Crippen LogP contribution < -0.4 is 4.74 Å². The predicted molar refractivity (Wildman–Crippen MR) is 81.1 cm³/mol. The smallest absolute Gasteiger partial charge is 0.417 e. The van der Waals surface area contributed by atoms with Gasteiger partial charge in [0.15, 0.2) is 6.10 Å². The molecular formula is C16H13F3O5S. The minimum absolute atomic E-state index is 0.0814. The number of benzene rings is 2. The first kappa shape index (κ1) is 18.8. The van der Waals surface area contributed by atoms with Gasteiger partial charge in [-0.05, 0) is 43.3 Å². The van der Waals surface area contributed by atoms with Crippen molar-refractivity contribution < 1.29 is 36.2 Å². The Morgan fingerprint density at radius 1 is 1.08 bits per heavy atom. The molecule has 1 atom stereocenters. The van der Waals surface area contributed by atoms with Gasteiger partial charge in [0.25, 0.3) is 0 Å². The molecule has 0 fully saturated rings. The number of sulfone groups is 1. The maximum Gasteiger partial charge on any atom is 0.417 e. The second-order valence-corrected chi connectivity index (χ2v) is 6.99. The molecule has 0 aliphatic rings. The highest BCUT2D eigenvalue weighted by Gasteiger charge is 2.37. The zero-order chi connectivity index (χ0) is 18.8. The summed E-state index contributed by atoms with van der Waals surface area (Å²) in [7, 11) is -4.41. The van der Waals surface area contributed by atoms with Gasteiger partial charge in [-0.3, -0.25) is 0 Å². The van der Waals surface area contributed by atoms with Crippen molar-refractivity contribution in [3.05, 3.63) is 54.1 Å². The van der Waals surface area contributed by atoms with Crippen molar-refractivity contribution in [1.82, 2.24) is 0 Å². The highest BCUT2D eigenvalue weighted by molar-refractivity contribution is 7.91. The number of hydrogen-bond donors (Lipinski definition) is 1. The first-order valence-corrected chi connectivity index (χ1v) is 8.42. The lowest BCUT2D eigenvalue weighted by atomic mass is 10.2. The van der Waals surface area contributed by atoms with E-state index in [9.17, 15) is 26.4 Å². The molecule has 9 heteroatoms. The molecule has 2 rings (SSSR count). The van der Waals surface area contributed by atoms with E-state index < -0.39 is 38.5 Å². The first-order chi connectivity index (χ1) is 11.5. The van der Waals surface area contributed by atoms with Gasteiger partial charge in [0.2, 0.25) is 9.84 Å². The van der Waals surface area contributed by atoms with Crippen LogP contribution in [0.5, 0.6) is 5.75 Å². The molecular weight excluding hydrogens is 361 g/mol. The Kier molecular flexibility index (Phi) is 5.07. The van der Waals surface area contributed by atoms with Crippen molar-refractivity contribution >= 4 is 15.8 Å². The van der Waals surface area contributed by atoms with Crippen LogP contribution in [-0.4, -0.2) is 25.6 Å². The van der Waals surface area contributed by atoms with Gasteiger partial charge in [-0.25, -0.2) is 13.2 Å². The van der Waals surface area contributed by atoms with Gasteiger partial charge in [-0.1, -0.05) is 12.1 Å². The summed E-state index contributed by atoms with van der Waals surface area (Å²) in [6.45, 7) is 1.28. The molecule has 2 aromatic carbocycles. The number of aliphatic carboxylic acids is 1. The highest BCUT2D eigenvalue weighted by Crippen LogP contribution is 2.36. The van der Waals surface area contributed by atoms with E-state index in [2.05, 4.69) is 0 Å². The third kappa shape index (κ3) is 4.11. The lowest BCUT2D eigenvalue weighted by Crippen LogP contribution is -2.22. The molecule has 2 aromatic rings. The van der Waals surface area contributed by atoms with Gasteiger partial charge >= 0.3 is 12.1 Å². The second-order valence-electron chi connectivity index (χ2n) is 5.07. The van der Waals surface area contributed by atoms with E-state index in [1.165, 1.54) is 25.1 Å². The number of carbonyl (C=O) groups is 1. The number of hydrogen-bond acceptors (Lipinski definition) is 4. The number of halogens is 3. The molecule has 0 radical (unpaired) electrons. The molecule has 0 aliphatic carbocycles. The largest absolute Gasteiger partial charge is 0.479 e. The van der Waals surface area contributed by atoms with Crippen molar-refractivity contribution in [2.45, 2.75) is 29.0 Å². The minimum Gasteiger partial charge on any atom is -0.479 e. The monoisotopic (exact) mass is 374 g/mol. The van der Waals surface area contributed by atoms with Crippen LogP contribution in [0.3, 0.4) is 0 Å². The van der Waals surface area contributed by atoms with Gasteiger partial charge in [-0.15, -0.1) is 0 Å². The summed E-state index contributed by atoms with van der Waals surface area (Å²) in [6.07, 6.45) is -5.97. The number of ether oxygens (including phenoxy) is 1. The Bertz CT molecular complexity index is 873. The van der Waals surface area contributed by atoms with E-state index in [1.807, 2.05) is 0 Å². The maximum atomic E-state index is 13.0. The van der Waals surface area contributed by atoms with Crippen LogP contribution in [0.2, 0.25) is 0 Å². The summed E-state index contributed by atoms with van der Waals surface area (Å²) in [6, 6.07) is 8.37. The Balaban J connectivity index is 2.40. The van der Waals surface area contributed by atoms with Gasteiger partial charge < -0.3 is 9.84 Å². The van der Waals surface area contributed by atoms with E-state index in [0.29, 0.717) is 6.07 Å². The Morgan fingerprint density at radius 2 is 1.64 bits per heavy atom. The third-order valence-electron chi connectivity index (χ3n) is 3.28. The summed E-state index contributed by atoms with van der Waals surface area (Å²) >= 11 is 0. The van der Waals surface area contributed by atoms with Crippen molar-refractivity contribution in [3.8, 4) is 5.75 Å². The molecule has 0 heterocycles. The topological polar surface area (TPSA) is 80.7 Å². The van der Waals surface area contributed by atoms with E-state index >= 15 is 0 Å². The number of rotatable bonds is 5. The molecule has 1 N–H and O–H groups in total. The molecule has 134 valence electrons. The van der Waals surface area contributed by atoms with Crippen LogP contribution >= 0.6 is 0 Å². The molecule has 0 saturated carbocycles. The van der Waals surface area contributed by atoms with Crippen LogP contribution in [-0.2, 0) is 20.8 Å². The van der Waals surface area contributed by atoms with E-state index in [1.54, 1.807) is 0 Å². The first-order valence-electron chi connectivity index (χ1n) is 6.94. The van der Waals surface area contributed by atoms with Crippen LogP contribution in [0.15, 0.2) is 58.3 Å². The second kappa shape index (κ2) is 6.75. The van der Waals surface area contributed by atoms with Crippen LogP contribution in [0.25, 0.3) is 0 Å². The number of alkyl halides is 3. The predicted octanol–water partition coefficient (Wildman–Crippen LogP) is 3.39. The molecule has 0 saturated heterocycles. The van der Waals surface area contributed by atoms with Crippen LogP contribution in [0.4, 0.5) is 13.2 Å². The van der Waals surface area contributed by atoms with Crippen LogP contribution in [0, 0.1) is 0 Å². The Labute approximate surface area is 141 Å².